The van der Waals surface area contributed by atoms with Gasteiger partial charge in [0, 0.05) is 6.42 Å². The summed E-state index contributed by atoms with van der Waals surface area (Å²) in [5, 5.41) is 12.4. The summed E-state index contributed by atoms with van der Waals surface area (Å²) < 4.78 is 40.9. The van der Waals surface area contributed by atoms with E-state index in [1.54, 1.807) is 0 Å². The molecule has 1 aromatic rings. The van der Waals surface area contributed by atoms with Crippen LogP contribution in [-0.4, -0.2) is 27.5 Å². The van der Waals surface area contributed by atoms with E-state index in [0.29, 0.717) is 12.2 Å². The Morgan fingerprint density at radius 3 is 2.35 bits per heavy atom. The van der Waals surface area contributed by atoms with Gasteiger partial charge < -0.3 is 9.63 Å². The minimum atomic E-state index is -4.67. The fourth-order valence-corrected chi connectivity index (χ4v) is 1.20. The molecular formula is C10H15F3N2O2. The number of alkyl halides is 3. The minimum absolute atomic E-state index is 0.0796. The predicted octanol–water partition coefficient (Wildman–Crippen LogP) is 2.12. The summed E-state index contributed by atoms with van der Waals surface area (Å²) in [6.07, 6.45) is -7.34. The van der Waals surface area contributed by atoms with Crippen molar-refractivity contribution in [3.63, 3.8) is 0 Å². The highest BCUT2D eigenvalue weighted by Gasteiger charge is 2.39. The molecule has 1 rings (SSSR count). The smallest absolute Gasteiger partial charge is 0.383 e. The number of aliphatic hydroxyl groups excluding tert-OH is 1. The Morgan fingerprint density at radius 1 is 1.29 bits per heavy atom. The summed E-state index contributed by atoms with van der Waals surface area (Å²) in [4.78, 5) is 3.81. The Kier molecular flexibility index (Phi) is 3.81. The lowest BCUT2D eigenvalue weighted by Crippen LogP contribution is -2.30. The van der Waals surface area contributed by atoms with E-state index in [4.69, 9.17) is 5.11 Å². The standard InChI is InChI=1S/C10H15F3N2O2/c1-9(2,3)5-7-14-8(17-15-7)4-6(16)10(11,12)13/h6,16H,4-5H2,1-3H3. The molecule has 1 heterocycles. The van der Waals surface area contributed by atoms with Gasteiger partial charge in [-0.2, -0.15) is 18.2 Å². The van der Waals surface area contributed by atoms with E-state index in [2.05, 4.69) is 14.7 Å². The monoisotopic (exact) mass is 252 g/mol. The fourth-order valence-electron chi connectivity index (χ4n) is 1.20. The van der Waals surface area contributed by atoms with Gasteiger partial charge >= 0.3 is 6.18 Å². The highest BCUT2D eigenvalue weighted by molar-refractivity contribution is 4.92. The van der Waals surface area contributed by atoms with Crippen molar-refractivity contribution in [1.82, 2.24) is 10.1 Å². The molecule has 4 nitrogen and oxygen atoms in total. The molecule has 0 amide bonds. The zero-order valence-electron chi connectivity index (χ0n) is 9.88. The van der Waals surface area contributed by atoms with Crippen LogP contribution in [0, 0.1) is 5.41 Å². The topological polar surface area (TPSA) is 59.2 Å². The van der Waals surface area contributed by atoms with Gasteiger partial charge in [0.05, 0.1) is 6.42 Å². The normalized spacial score (nSPS) is 15.0. The average molecular weight is 252 g/mol. The van der Waals surface area contributed by atoms with E-state index in [1.165, 1.54) is 0 Å². The van der Waals surface area contributed by atoms with Crippen LogP contribution in [0.3, 0.4) is 0 Å². The molecule has 98 valence electrons. The Bertz CT molecular complexity index is 368. The fraction of sp³-hybridized carbons (Fsp3) is 0.800. The molecule has 0 saturated carbocycles. The van der Waals surface area contributed by atoms with Crippen LogP contribution in [-0.2, 0) is 12.8 Å². The zero-order valence-corrected chi connectivity index (χ0v) is 9.88. The van der Waals surface area contributed by atoms with Crippen molar-refractivity contribution < 1.29 is 22.8 Å². The molecule has 7 heteroatoms. The molecule has 1 atom stereocenters. The number of hydrogen-bond donors (Lipinski definition) is 1. The number of aliphatic hydroxyl groups is 1. The van der Waals surface area contributed by atoms with E-state index in [0.717, 1.165) is 0 Å². The molecule has 0 aliphatic rings. The lowest BCUT2D eigenvalue weighted by atomic mass is 9.92. The number of hydrogen-bond acceptors (Lipinski definition) is 4. The minimum Gasteiger partial charge on any atom is -0.383 e. The molecule has 1 N–H and O–H groups in total. The van der Waals surface area contributed by atoms with Crippen molar-refractivity contribution in [2.24, 2.45) is 5.41 Å². The van der Waals surface area contributed by atoms with Gasteiger partial charge in [-0.1, -0.05) is 25.9 Å². The Hall–Kier alpha value is -1.11. The third-order valence-electron chi connectivity index (χ3n) is 1.94. The van der Waals surface area contributed by atoms with Crippen LogP contribution in [0.25, 0.3) is 0 Å². The largest absolute Gasteiger partial charge is 0.414 e. The van der Waals surface area contributed by atoms with Gasteiger partial charge in [-0.3, -0.25) is 0 Å². The number of aromatic nitrogens is 2. The lowest BCUT2D eigenvalue weighted by Gasteiger charge is -2.14. The second-order valence-electron chi connectivity index (χ2n) is 5.10. The van der Waals surface area contributed by atoms with Crippen molar-refractivity contribution in [3.8, 4) is 0 Å². The summed E-state index contributed by atoms with van der Waals surface area (Å²) in [5.41, 5.74) is -0.0796. The van der Waals surface area contributed by atoms with Crippen molar-refractivity contribution in [1.29, 1.82) is 0 Å². The van der Waals surface area contributed by atoms with Crippen LogP contribution in [0.2, 0.25) is 0 Å². The van der Waals surface area contributed by atoms with Gasteiger partial charge in [-0.15, -0.1) is 0 Å². The predicted molar refractivity (Wildman–Crippen MR) is 53.2 cm³/mol. The van der Waals surface area contributed by atoms with Gasteiger partial charge in [0.1, 0.15) is 0 Å². The Morgan fingerprint density at radius 2 is 1.88 bits per heavy atom. The third-order valence-corrected chi connectivity index (χ3v) is 1.94. The maximum atomic E-state index is 12.1. The SMILES string of the molecule is CC(C)(C)Cc1noc(CC(O)C(F)(F)F)n1. The average Bonchev–Trinajstić information content (AvgIpc) is 2.47. The molecule has 0 fully saturated rings. The molecule has 1 aromatic heterocycles. The molecule has 0 bridgehead atoms. The Balaban J connectivity index is 2.63. The van der Waals surface area contributed by atoms with Gasteiger partial charge in [0.15, 0.2) is 11.9 Å². The summed E-state index contributed by atoms with van der Waals surface area (Å²) in [6.45, 7) is 5.86. The van der Waals surface area contributed by atoms with E-state index in [1.807, 2.05) is 20.8 Å². The maximum Gasteiger partial charge on any atom is 0.414 e. The highest BCUT2D eigenvalue weighted by Crippen LogP contribution is 2.23. The van der Waals surface area contributed by atoms with E-state index >= 15 is 0 Å². The molecule has 0 radical (unpaired) electrons. The molecule has 1 unspecified atom stereocenters. The summed E-state index contributed by atoms with van der Waals surface area (Å²) in [7, 11) is 0. The van der Waals surface area contributed by atoms with Crippen molar-refractivity contribution in [2.75, 3.05) is 0 Å². The number of halogens is 3. The maximum absolute atomic E-state index is 12.1. The summed E-state index contributed by atoms with van der Waals surface area (Å²) in [5.74, 6) is 0.149. The van der Waals surface area contributed by atoms with Crippen molar-refractivity contribution >= 4 is 0 Å². The first-order valence-electron chi connectivity index (χ1n) is 5.14. The molecule has 0 saturated heterocycles. The van der Waals surface area contributed by atoms with Crippen LogP contribution in [0.1, 0.15) is 32.5 Å². The second-order valence-corrected chi connectivity index (χ2v) is 5.10. The van der Waals surface area contributed by atoms with Gasteiger partial charge in [0.25, 0.3) is 0 Å². The van der Waals surface area contributed by atoms with E-state index in [9.17, 15) is 13.2 Å². The molecule has 0 aliphatic carbocycles. The van der Waals surface area contributed by atoms with Crippen molar-refractivity contribution in [2.45, 2.75) is 45.9 Å². The van der Waals surface area contributed by atoms with Gasteiger partial charge in [0.2, 0.25) is 5.89 Å². The third kappa shape index (κ3) is 4.72. The second kappa shape index (κ2) is 4.64. The van der Waals surface area contributed by atoms with Crippen LogP contribution in [0.4, 0.5) is 13.2 Å². The molecule has 0 aromatic carbocycles. The van der Waals surface area contributed by atoms with Gasteiger partial charge in [-0.05, 0) is 5.41 Å². The first-order valence-corrected chi connectivity index (χ1v) is 5.14. The van der Waals surface area contributed by atoms with Crippen LogP contribution < -0.4 is 0 Å². The first kappa shape index (κ1) is 14.0. The molecule has 0 spiro atoms. The quantitative estimate of drug-likeness (QED) is 0.895. The lowest BCUT2D eigenvalue weighted by molar-refractivity contribution is -0.204. The molecular weight excluding hydrogens is 237 g/mol. The molecule has 0 aliphatic heterocycles. The zero-order chi connectivity index (χ0) is 13.3. The van der Waals surface area contributed by atoms with E-state index in [-0.39, 0.29) is 11.3 Å². The van der Waals surface area contributed by atoms with Crippen LogP contribution >= 0.6 is 0 Å². The van der Waals surface area contributed by atoms with Gasteiger partial charge in [-0.25, -0.2) is 0 Å². The van der Waals surface area contributed by atoms with E-state index < -0.39 is 18.7 Å². The molecule has 17 heavy (non-hydrogen) atoms. The Labute approximate surface area is 96.8 Å². The number of nitrogens with zero attached hydrogens (tertiary/aromatic N) is 2. The summed E-state index contributed by atoms with van der Waals surface area (Å²) in [6, 6.07) is 0. The van der Waals surface area contributed by atoms with Crippen LogP contribution in [0.15, 0.2) is 4.52 Å². The summed E-state index contributed by atoms with van der Waals surface area (Å²) >= 11 is 0. The highest BCUT2D eigenvalue weighted by atomic mass is 19.4. The first-order chi connectivity index (χ1) is 7.58. The number of rotatable bonds is 3. The van der Waals surface area contributed by atoms with Crippen molar-refractivity contribution in [3.05, 3.63) is 11.7 Å². The van der Waals surface area contributed by atoms with Crippen LogP contribution in [0.5, 0.6) is 0 Å².